The highest BCUT2D eigenvalue weighted by atomic mass is 32.2. The molecule has 1 aliphatic heterocycles. The largest absolute Gasteiger partial charge is 0.352 e. The number of piperidine rings is 1. The summed E-state index contributed by atoms with van der Waals surface area (Å²) < 4.78 is 29.5. The Labute approximate surface area is 166 Å². The van der Waals surface area contributed by atoms with Crippen LogP contribution in [0.3, 0.4) is 0 Å². The van der Waals surface area contributed by atoms with E-state index in [1.165, 1.54) is 6.07 Å². The van der Waals surface area contributed by atoms with Crippen LogP contribution in [0.25, 0.3) is 0 Å². The van der Waals surface area contributed by atoms with Crippen LogP contribution in [0.4, 0.5) is 0 Å². The lowest BCUT2D eigenvalue weighted by molar-refractivity contribution is 0.0951. The van der Waals surface area contributed by atoms with E-state index < -0.39 is 10.0 Å². The summed E-state index contributed by atoms with van der Waals surface area (Å²) in [5.41, 5.74) is 1.17. The van der Waals surface area contributed by atoms with E-state index in [2.05, 4.69) is 10.4 Å². The number of amides is 1. The highest BCUT2D eigenvalue weighted by Crippen LogP contribution is 2.26. The molecule has 28 heavy (non-hydrogen) atoms. The lowest BCUT2D eigenvalue weighted by atomic mass is 10.1. The average molecular weight is 405 g/mol. The second kappa shape index (κ2) is 8.87. The van der Waals surface area contributed by atoms with Gasteiger partial charge in [-0.1, -0.05) is 12.5 Å². The van der Waals surface area contributed by atoms with Crippen LogP contribution in [0, 0.1) is 6.92 Å². The minimum absolute atomic E-state index is 0.0142. The molecule has 152 valence electrons. The summed E-state index contributed by atoms with van der Waals surface area (Å²) in [6.07, 6.45) is 7.13. The minimum Gasteiger partial charge on any atom is -0.352 e. The second-order valence-electron chi connectivity index (χ2n) is 7.32. The molecule has 1 saturated heterocycles. The summed E-state index contributed by atoms with van der Waals surface area (Å²) in [4.78, 5) is 12.8. The van der Waals surface area contributed by atoms with Crippen molar-refractivity contribution in [1.82, 2.24) is 19.4 Å². The molecule has 0 bridgehead atoms. The molecular formula is C20H28N4O3S. The van der Waals surface area contributed by atoms with Crippen LogP contribution in [0.15, 0.2) is 41.6 Å². The van der Waals surface area contributed by atoms with Crippen LogP contribution >= 0.6 is 0 Å². The van der Waals surface area contributed by atoms with E-state index in [-0.39, 0.29) is 16.8 Å². The number of benzene rings is 1. The van der Waals surface area contributed by atoms with Gasteiger partial charge in [-0.3, -0.25) is 9.48 Å². The first-order chi connectivity index (χ1) is 13.4. The van der Waals surface area contributed by atoms with E-state index in [4.69, 9.17) is 0 Å². The number of carbonyl (C=O) groups excluding carboxylic acids is 1. The smallest absolute Gasteiger partial charge is 0.251 e. The molecular weight excluding hydrogens is 376 g/mol. The zero-order chi connectivity index (χ0) is 20.1. The van der Waals surface area contributed by atoms with Gasteiger partial charge in [-0.2, -0.15) is 9.40 Å². The van der Waals surface area contributed by atoms with Gasteiger partial charge in [0.05, 0.1) is 4.90 Å². The normalized spacial score (nSPS) is 18.1. The van der Waals surface area contributed by atoms with Gasteiger partial charge in [-0.15, -0.1) is 0 Å². The van der Waals surface area contributed by atoms with Crippen molar-refractivity contribution in [3.63, 3.8) is 0 Å². The number of nitrogens with one attached hydrogen (secondary N) is 1. The number of nitrogens with zero attached hydrogens (tertiary/aromatic N) is 3. The van der Waals surface area contributed by atoms with Crippen molar-refractivity contribution in [3.8, 4) is 0 Å². The van der Waals surface area contributed by atoms with Gasteiger partial charge in [0, 0.05) is 43.6 Å². The molecule has 0 radical (unpaired) electrons. The Kier molecular flexibility index (Phi) is 6.51. The van der Waals surface area contributed by atoms with Crippen molar-refractivity contribution in [2.24, 2.45) is 0 Å². The van der Waals surface area contributed by atoms with Crippen molar-refractivity contribution in [2.45, 2.75) is 57.0 Å². The number of carbonyl (C=O) groups is 1. The SMILES string of the molecule is Cc1ccc(S(=O)(=O)N2CCCCC2C)cc1C(=O)NCCCn1cccn1. The van der Waals surface area contributed by atoms with Gasteiger partial charge < -0.3 is 5.32 Å². The van der Waals surface area contributed by atoms with Gasteiger partial charge in [0.15, 0.2) is 0 Å². The molecule has 1 N–H and O–H groups in total. The molecule has 2 heterocycles. The maximum Gasteiger partial charge on any atom is 0.251 e. The first-order valence-electron chi connectivity index (χ1n) is 9.78. The fraction of sp³-hybridized carbons (Fsp3) is 0.500. The van der Waals surface area contributed by atoms with E-state index in [1.54, 1.807) is 22.6 Å². The first kappa shape index (κ1) is 20.5. The van der Waals surface area contributed by atoms with Gasteiger partial charge in [0.1, 0.15) is 0 Å². The third-order valence-electron chi connectivity index (χ3n) is 5.21. The molecule has 1 fully saturated rings. The Morgan fingerprint density at radius 2 is 2.14 bits per heavy atom. The summed E-state index contributed by atoms with van der Waals surface area (Å²) in [7, 11) is -3.60. The highest BCUT2D eigenvalue weighted by molar-refractivity contribution is 7.89. The van der Waals surface area contributed by atoms with Crippen LogP contribution in [-0.2, 0) is 16.6 Å². The Bertz CT molecular complexity index is 910. The van der Waals surface area contributed by atoms with E-state index in [0.29, 0.717) is 25.2 Å². The van der Waals surface area contributed by atoms with E-state index >= 15 is 0 Å². The van der Waals surface area contributed by atoms with E-state index in [9.17, 15) is 13.2 Å². The molecule has 1 amide bonds. The quantitative estimate of drug-likeness (QED) is 0.719. The predicted octanol–water partition coefficient (Wildman–Crippen LogP) is 2.57. The molecule has 0 aliphatic carbocycles. The Balaban J connectivity index is 1.69. The number of rotatable bonds is 7. The molecule has 7 nitrogen and oxygen atoms in total. The molecule has 1 aliphatic rings. The molecule has 0 saturated carbocycles. The van der Waals surface area contributed by atoms with Crippen LogP contribution in [0.2, 0.25) is 0 Å². The number of hydrogen-bond donors (Lipinski definition) is 1. The van der Waals surface area contributed by atoms with E-state index in [0.717, 1.165) is 31.2 Å². The zero-order valence-electron chi connectivity index (χ0n) is 16.5. The molecule has 1 atom stereocenters. The molecule has 2 aromatic rings. The molecule has 0 spiro atoms. The summed E-state index contributed by atoms with van der Waals surface area (Å²) in [6, 6.07) is 6.66. The van der Waals surface area contributed by atoms with Gasteiger partial charge in [0.2, 0.25) is 10.0 Å². The van der Waals surface area contributed by atoms with Crippen LogP contribution in [-0.4, -0.2) is 47.5 Å². The van der Waals surface area contributed by atoms with Crippen molar-refractivity contribution in [3.05, 3.63) is 47.8 Å². The monoisotopic (exact) mass is 404 g/mol. The Morgan fingerprint density at radius 3 is 2.86 bits per heavy atom. The third-order valence-corrected chi connectivity index (χ3v) is 7.22. The van der Waals surface area contributed by atoms with Gasteiger partial charge in [-0.05, 0) is 56.9 Å². The lowest BCUT2D eigenvalue weighted by Crippen LogP contribution is -2.42. The topological polar surface area (TPSA) is 84.3 Å². The van der Waals surface area contributed by atoms with Crippen molar-refractivity contribution in [2.75, 3.05) is 13.1 Å². The van der Waals surface area contributed by atoms with Crippen molar-refractivity contribution < 1.29 is 13.2 Å². The summed E-state index contributed by atoms with van der Waals surface area (Å²) in [6.45, 7) is 5.51. The maximum atomic E-state index is 13.1. The second-order valence-corrected chi connectivity index (χ2v) is 9.21. The molecule has 1 aromatic carbocycles. The molecule has 8 heteroatoms. The number of aryl methyl sites for hydroxylation is 2. The van der Waals surface area contributed by atoms with Crippen molar-refractivity contribution in [1.29, 1.82) is 0 Å². The fourth-order valence-electron chi connectivity index (χ4n) is 3.54. The van der Waals surface area contributed by atoms with Gasteiger partial charge >= 0.3 is 0 Å². The predicted molar refractivity (Wildman–Crippen MR) is 108 cm³/mol. The standard InChI is InChI=1S/C20H28N4O3S/c1-16-8-9-18(28(26,27)24-14-4-3-7-17(24)2)15-19(16)20(25)21-10-5-12-23-13-6-11-22-23/h6,8-9,11,13,15,17H,3-5,7,10,12,14H2,1-2H3,(H,21,25). The fourth-order valence-corrected chi connectivity index (χ4v) is 5.27. The Morgan fingerprint density at radius 1 is 1.32 bits per heavy atom. The zero-order valence-corrected chi connectivity index (χ0v) is 17.3. The molecule has 3 rings (SSSR count). The summed E-state index contributed by atoms with van der Waals surface area (Å²) >= 11 is 0. The van der Waals surface area contributed by atoms with Crippen LogP contribution in [0.1, 0.15) is 48.5 Å². The highest BCUT2D eigenvalue weighted by Gasteiger charge is 2.31. The maximum absolute atomic E-state index is 13.1. The minimum atomic E-state index is -3.60. The Hall–Kier alpha value is -2.19. The lowest BCUT2D eigenvalue weighted by Gasteiger charge is -2.32. The van der Waals surface area contributed by atoms with Gasteiger partial charge in [0.25, 0.3) is 5.91 Å². The van der Waals surface area contributed by atoms with Gasteiger partial charge in [-0.25, -0.2) is 8.42 Å². The number of hydrogen-bond acceptors (Lipinski definition) is 4. The average Bonchev–Trinajstić information content (AvgIpc) is 3.19. The van der Waals surface area contributed by atoms with Crippen LogP contribution in [0.5, 0.6) is 0 Å². The summed E-state index contributed by atoms with van der Waals surface area (Å²) in [5.74, 6) is -0.248. The van der Waals surface area contributed by atoms with Crippen molar-refractivity contribution >= 4 is 15.9 Å². The van der Waals surface area contributed by atoms with E-state index in [1.807, 2.05) is 30.8 Å². The summed E-state index contributed by atoms with van der Waals surface area (Å²) in [5, 5.41) is 7.01. The molecule has 1 aromatic heterocycles. The van der Waals surface area contributed by atoms with Crippen LogP contribution < -0.4 is 5.32 Å². The number of sulfonamides is 1. The first-order valence-corrected chi connectivity index (χ1v) is 11.2. The third kappa shape index (κ3) is 4.62. The number of aromatic nitrogens is 2. The molecule has 1 unspecified atom stereocenters.